The number of aromatic nitrogens is 1. The first-order valence-electron chi connectivity index (χ1n) is 7.63. The molecule has 116 valence electrons. The van der Waals surface area contributed by atoms with E-state index in [1.54, 1.807) is 0 Å². The highest BCUT2D eigenvalue weighted by Gasteiger charge is 2.25. The monoisotopic (exact) mass is 316 g/mol. The number of anilines is 1. The zero-order valence-electron chi connectivity index (χ0n) is 12.7. The minimum Gasteiger partial charge on any atom is -0.466 e. The molecule has 0 amide bonds. The Morgan fingerprint density at radius 3 is 3.05 bits per heavy atom. The number of rotatable bonds is 4. The Bertz CT molecular complexity index is 681. The number of nitrogen functional groups attached to an aromatic ring is 1. The van der Waals surface area contributed by atoms with Crippen molar-refractivity contribution in [3.63, 3.8) is 0 Å². The highest BCUT2D eigenvalue weighted by Crippen LogP contribution is 2.28. The van der Waals surface area contributed by atoms with Crippen LogP contribution in [0.25, 0.3) is 0 Å². The van der Waals surface area contributed by atoms with Gasteiger partial charge in [0.2, 0.25) is 0 Å². The quantitative estimate of drug-likeness (QED) is 0.881. The highest BCUT2D eigenvalue weighted by atomic mass is 32.1. The molecule has 4 nitrogen and oxygen atoms in total. The summed E-state index contributed by atoms with van der Waals surface area (Å²) in [6.07, 6.45) is 5.32. The molecule has 0 saturated heterocycles. The Labute approximate surface area is 134 Å². The van der Waals surface area contributed by atoms with Crippen LogP contribution in [-0.2, 0) is 28.8 Å². The minimum atomic E-state index is -0.0580. The maximum absolute atomic E-state index is 11.9. The average Bonchev–Trinajstić information content (AvgIpc) is 2.92. The Kier molecular flexibility index (Phi) is 4.43. The standard InChI is InChI=1S/C17H20N2O2S/c1-2-21-16(20)14-6-5-12-7-11(3-4-13(12)9-14)8-15-10-19-17(18)22-15/h3-4,7,10,14H,2,5-6,8-9H2,1H3,(H2,18,19). The molecule has 0 aliphatic heterocycles. The molecular weight excluding hydrogens is 296 g/mol. The molecule has 1 aromatic heterocycles. The molecule has 1 aliphatic carbocycles. The fraction of sp³-hybridized carbons (Fsp3) is 0.412. The topological polar surface area (TPSA) is 65.2 Å². The number of esters is 1. The van der Waals surface area contributed by atoms with Crippen molar-refractivity contribution in [2.45, 2.75) is 32.6 Å². The Morgan fingerprint density at radius 2 is 2.32 bits per heavy atom. The SMILES string of the molecule is CCOC(=O)C1CCc2cc(Cc3cnc(N)s3)ccc2C1. The van der Waals surface area contributed by atoms with Gasteiger partial charge in [0.15, 0.2) is 5.13 Å². The minimum absolute atomic E-state index is 0.0135. The van der Waals surface area contributed by atoms with E-state index in [4.69, 9.17) is 10.5 Å². The van der Waals surface area contributed by atoms with Gasteiger partial charge < -0.3 is 10.5 Å². The molecule has 1 heterocycles. The summed E-state index contributed by atoms with van der Waals surface area (Å²) in [5, 5.41) is 0.616. The molecule has 0 radical (unpaired) electrons. The summed E-state index contributed by atoms with van der Waals surface area (Å²) in [5.74, 6) is -0.0445. The molecule has 5 heteroatoms. The molecule has 2 N–H and O–H groups in total. The van der Waals surface area contributed by atoms with E-state index < -0.39 is 0 Å². The third-order valence-electron chi connectivity index (χ3n) is 4.07. The van der Waals surface area contributed by atoms with E-state index in [1.165, 1.54) is 32.9 Å². The lowest BCUT2D eigenvalue weighted by atomic mass is 9.83. The molecule has 1 atom stereocenters. The lowest BCUT2D eigenvalue weighted by molar-refractivity contribution is -0.148. The molecule has 22 heavy (non-hydrogen) atoms. The number of benzene rings is 1. The van der Waals surface area contributed by atoms with Gasteiger partial charge in [0.25, 0.3) is 0 Å². The Balaban J connectivity index is 1.71. The van der Waals surface area contributed by atoms with Crippen LogP contribution < -0.4 is 5.73 Å². The average molecular weight is 316 g/mol. The zero-order chi connectivity index (χ0) is 15.5. The number of fused-ring (bicyclic) bond motifs is 1. The fourth-order valence-corrected chi connectivity index (χ4v) is 3.70. The van der Waals surface area contributed by atoms with Crippen LogP contribution in [0, 0.1) is 5.92 Å². The highest BCUT2D eigenvalue weighted by molar-refractivity contribution is 7.15. The second-order valence-electron chi connectivity index (χ2n) is 5.64. The van der Waals surface area contributed by atoms with Crippen molar-refractivity contribution < 1.29 is 9.53 Å². The van der Waals surface area contributed by atoms with Gasteiger partial charge in [-0.3, -0.25) is 4.79 Å². The summed E-state index contributed by atoms with van der Waals surface area (Å²) in [7, 11) is 0. The number of thiazole rings is 1. The third-order valence-corrected chi connectivity index (χ3v) is 4.90. The summed E-state index contributed by atoms with van der Waals surface area (Å²) in [6.45, 7) is 2.31. The first kappa shape index (κ1) is 15.0. The summed E-state index contributed by atoms with van der Waals surface area (Å²) in [4.78, 5) is 17.1. The van der Waals surface area contributed by atoms with E-state index in [0.717, 1.165) is 25.7 Å². The van der Waals surface area contributed by atoms with Crippen LogP contribution in [0.4, 0.5) is 5.13 Å². The van der Waals surface area contributed by atoms with Crippen LogP contribution in [0.15, 0.2) is 24.4 Å². The zero-order valence-corrected chi connectivity index (χ0v) is 13.5. The number of hydrogen-bond donors (Lipinski definition) is 1. The van der Waals surface area contributed by atoms with Gasteiger partial charge in [-0.2, -0.15) is 0 Å². The van der Waals surface area contributed by atoms with E-state index >= 15 is 0 Å². The summed E-state index contributed by atoms with van der Waals surface area (Å²) < 4.78 is 5.15. The molecule has 1 unspecified atom stereocenters. The van der Waals surface area contributed by atoms with E-state index in [9.17, 15) is 4.79 Å². The first-order valence-corrected chi connectivity index (χ1v) is 8.45. The van der Waals surface area contributed by atoms with Gasteiger partial charge in [-0.1, -0.05) is 18.2 Å². The van der Waals surface area contributed by atoms with Gasteiger partial charge in [-0.05, 0) is 42.9 Å². The van der Waals surface area contributed by atoms with Crippen LogP contribution >= 0.6 is 11.3 Å². The first-order chi connectivity index (χ1) is 10.7. The molecule has 0 fully saturated rings. The van der Waals surface area contributed by atoms with Gasteiger partial charge >= 0.3 is 5.97 Å². The fourth-order valence-electron chi connectivity index (χ4n) is 2.99. The van der Waals surface area contributed by atoms with Crippen molar-refractivity contribution in [3.8, 4) is 0 Å². The molecule has 1 aliphatic rings. The molecule has 0 spiro atoms. The Hall–Kier alpha value is -1.88. The van der Waals surface area contributed by atoms with Crippen molar-refractivity contribution in [2.75, 3.05) is 12.3 Å². The van der Waals surface area contributed by atoms with E-state index in [2.05, 4.69) is 23.2 Å². The second-order valence-corrected chi connectivity index (χ2v) is 6.78. The molecule has 2 aromatic rings. The predicted octanol–water partition coefficient (Wildman–Crippen LogP) is 2.98. The largest absolute Gasteiger partial charge is 0.466 e. The van der Waals surface area contributed by atoms with Gasteiger partial charge in [0.05, 0.1) is 12.5 Å². The second kappa shape index (κ2) is 6.48. The number of nitrogens with two attached hydrogens (primary N) is 1. The normalized spacial score (nSPS) is 17.0. The van der Waals surface area contributed by atoms with Gasteiger partial charge in [-0.15, -0.1) is 11.3 Å². The lowest BCUT2D eigenvalue weighted by Gasteiger charge is -2.23. The lowest BCUT2D eigenvalue weighted by Crippen LogP contribution is -2.24. The van der Waals surface area contributed by atoms with Crippen molar-refractivity contribution in [1.29, 1.82) is 0 Å². The molecule has 0 bridgehead atoms. The van der Waals surface area contributed by atoms with Crippen LogP contribution in [0.5, 0.6) is 0 Å². The summed E-state index contributed by atoms with van der Waals surface area (Å²) in [6, 6.07) is 6.55. The predicted molar refractivity (Wildman–Crippen MR) is 87.9 cm³/mol. The van der Waals surface area contributed by atoms with Gasteiger partial charge in [-0.25, -0.2) is 4.98 Å². The van der Waals surface area contributed by atoms with Gasteiger partial charge in [0.1, 0.15) is 0 Å². The number of carbonyl (C=O) groups is 1. The van der Waals surface area contributed by atoms with Crippen LogP contribution in [0.3, 0.4) is 0 Å². The van der Waals surface area contributed by atoms with Crippen LogP contribution in [-0.4, -0.2) is 17.6 Å². The number of carbonyl (C=O) groups excluding carboxylic acids is 1. The van der Waals surface area contributed by atoms with Crippen LogP contribution in [0.1, 0.15) is 34.9 Å². The maximum atomic E-state index is 11.9. The maximum Gasteiger partial charge on any atom is 0.309 e. The Morgan fingerprint density at radius 1 is 1.45 bits per heavy atom. The molecule has 0 saturated carbocycles. The summed E-state index contributed by atoms with van der Waals surface area (Å²) in [5.41, 5.74) is 9.58. The van der Waals surface area contributed by atoms with Crippen molar-refractivity contribution >= 4 is 22.4 Å². The van der Waals surface area contributed by atoms with E-state index in [1.807, 2.05) is 13.1 Å². The number of aryl methyl sites for hydroxylation is 1. The van der Waals surface area contributed by atoms with Crippen molar-refractivity contribution in [2.24, 2.45) is 5.92 Å². The van der Waals surface area contributed by atoms with Crippen molar-refractivity contribution in [3.05, 3.63) is 46.0 Å². The number of ether oxygens (including phenoxy) is 1. The summed E-state index contributed by atoms with van der Waals surface area (Å²) >= 11 is 1.54. The van der Waals surface area contributed by atoms with Gasteiger partial charge in [0, 0.05) is 17.5 Å². The number of nitrogens with zero attached hydrogens (tertiary/aromatic N) is 1. The molecular formula is C17H20N2O2S. The molecule has 3 rings (SSSR count). The van der Waals surface area contributed by atoms with E-state index in [-0.39, 0.29) is 11.9 Å². The smallest absolute Gasteiger partial charge is 0.309 e. The third kappa shape index (κ3) is 3.30. The molecule has 1 aromatic carbocycles. The van der Waals surface area contributed by atoms with Crippen molar-refractivity contribution in [1.82, 2.24) is 4.98 Å². The number of hydrogen-bond acceptors (Lipinski definition) is 5. The van der Waals surface area contributed by atoms with E-state index in [0.29, 0.717) is 11.7 Å². The van der Waals surface area contributed by atoms with Crippen LogP contribution in [0.2, 0.25) is 0 Å².